The van der Waals surface area contributed by atoms with E-state index in [1.165, 1.54) is 0 Å². The topological polar surface area (TPSA) is 113 Å². The van der Waals surface area contributed by atoms with Gasteiger partial charge >= 0.3 is 12.0 Å². The number of hydrogen-bond acceptors (Lipinski definition) is 3. The second-order valence-corrected chi connectivity index (χ2v) is 6.01. The minimum Gasteiger partial charge on any atom is -0.481 e. The van der Waals surface area contributed by atoms with Crippen molar-refractivity contribution < 1.29 is 19.5 Å². The summed E-state index contributed by atoms with van der Waals surface area (Å²) >= 11 is 0. The van der Waals surface area contributed by atoms with Crippen LogP contribution in [0.2, 0.25) is 0 Å². The Morgan fingerprint density at radius 1 is 1.40 bits per heavy atom. The fourth-order valence-corrected chi connectivity index (χ4v) is 2.51. The molecule has 1 heterocycles. The van der Waals surface area contributed by atoms with E-state index in [4.69, 9.17) is 10.8 Å². The average Bonchev–Trinajstić information content (AvgIpc) is 2.25. The highest BCUT2D eigenvalue weighted by Crippen LogP contribution is 2.20. The molecular formula is C13H23N3O4. The zero-order valence-electron chi connectivity index (χ0n) is 12.0. The van der Waals surface area contributed by atoms with Crippen LogP contribution in [-0.2, 0) is 9.59 Å². The lowest BCUT2D eigenvalue weighted by Crippen LogP contribution is -2.53. The van der Waals surface area contributed by atoms with Gasteiger partial charge in [0.05, 0.1) is 0 Å². The van der Waals surface area contributed by atoms with E-state index >= 15 is 0 Å². The molecule has 0 bridgehead atoms. The second-order valence-electron chi connectivity index (χ2n) is 6.01. The van der Waals surface area contributed by atoms with Gasteiger partial charge in [0.2, 0.25) is 5.91 Å². The molecule has 1 saturated heterocycles. The molecule has 1 fully saturated rings. The van der Waals surface area contributed by atoms with Crippen LogP contribution in [0.5, 0.6) is 0 Å². The predicted molar refractivity (Wildman–Crippen MR) is 73.0 cm³/mol. The van der Waals surface area contributed by atoms with Gasteiger partial charge in [-0.3, -0.25) is 9.59 Å². The van der Waals surface area contributed by atoms with Crippen molar-refractivity contribution >= 4 is 17.9 Å². The zero-order valence-corrected chi connectivity index (χ0v) is 12.0. The minimum atomic E-state index is -0.841. The summed E-state index contributed by atoms with van der Waals surface area (Å²) in [6.07, 6.45) is 1.75. The van der Waals surface area contributed by atoms with Gasteiger partial charge in [0.1, 0.15) is 0 Å². The van der Waals surface area contributed by atoms with Gasteiger partial charge in [0, 0.05) is 31.5 Å². The first kappa shape index (κ1) is 16.3. The largest absolute Gasteiger partial charge is 0.481 e. The summed E-state index contributed by atoms with van der Waals surface area (Å²) in [7, 11) is 0. The van der Waals surface area contributed by atoms with E-state index in [0.717, 1.165) is 12.8 Å². The molecule has 1 aliphatic rings. The molecule has 4 N–H and O–H groups in total. The molecule has 0 saturated carbocycles. The number of carboxylic acids is 1. The molecule has 1 atom stereocenters. The molecule has 1 aliphatic heterocycles. The molecule has 7 heteroatoms. The summed E-state index contributed by atoms with van der Waals surface area (Å²) in [5.41, 5.74) is 4.43. The maximum absolute atomic E-state index is 12.1. The fourth-order valence-electron chi connectivity index (χ4n) is 2.51. The van der Waals surface area contributed by atoms with E-state index < -0.39 is 17.4 Å². The van der Waals surface area contributed by atoms with Gasteiger partial charge in [0.25, 0.3) is 0 Å². The molecule has 0 radical (unpaired) electrons. The quantitative estimate of drug-likeness (QED) is 0.684. The normalized spacial score (nSPS) is 19.5. The monoisotopic (exact) mass is 285 g/mol. The lowest BCUT2D eigenvalue weighted by Gasteiger charge is -2.35. The first-order valence-electron chi connectivity index (χ1n) is 6.77. The Hall–Kier alpha value is -1.79. The second kappa shape index (κ2) is 6.58. The maximum Gasteiger partial charge on any atom is 0.317 e. The molecule has 0 aromatic heterocycles. The number of rotatable bonds is 5. The van der Waals surface area contributed by atoms with E-state index in [-0.39, 0.29) is 24.8 Å². The van der Waals surface area contributed by atoms with Crippen molar-refractivity contribution in [2.75, 3.05) is 13.1 Å². The molecule has 0 aliphatic carbocycles. The van der Waals surface area contributed by atoms with E-state index in [1.807, 2.05) is 0 Å². The van der Waals surface area contributed by atoms with Crippen LogP contribution >= 0.6 is 0 Å². The number of aliphatic carboxylic acids is 1. The molecule has 0 spiro atoms. The number of nitrogens with zero attached hydrogens (tertiary/aromatic N) is 1. The summed E-state index contributed by atoms with van der Waals surface area (Å²) in [4.78, 5) is 35.4. The third kappa shape index (κ3) is 5.46. The lowest BCUT2D eigenvalue weighted by atomic mass is 9.95. The van der Waals surface area contributed by atoms with Gasteiger partial charge in [-0.1, -0.05) is 0 Å². The van der Waals surface area contributed by atoms with Crippen molar-refractivity contribution in [1.29, 1.82) is 0 Å². The van der Waals surface area contributed by atoms with Crippen molar-refractivity contribution in [1.82, 2.24) is 10.2 Å². The summed E-state index contributed by atoms with van der Waals surface area (Å²) in [5, 5.41) is 11.6. The summed E-state index contributed by atoms with van der Waals surface area (Å²) in [6, 6.07) is -0.272. The van der Waals surface area contributed by atoms with Crippen molar-refractivity contribution in [2.45, 2.75) is 45.1 Å². The Morgan fingerprint density at radius 2 is 2.05 bits per heavy atom. The summed E-state index contributed by atoms with van der Waals surface area (Å²) in [5.74, 6) is -1.32. The van der Waals surface area contributed by atoms with Crippen LogP contribution in [-0.4, -0.2) is 46.5 Å². The van der Waals surface area contributed by atoms with Crippen molar-refractivity contribution in [3.63, 3.8) is 0 Å². The standard InChI is InChI=1S/C13H23N3O4/c1-13(2,7-10(14)17)15-12(20)16-5-3-4-9(8-16)6-11(18)19/h9H,3-8H2,1-2H3,(H2,14,17)(H,15,20)(H,18,19). The van der Waals surface area contributed by atoms with Crippen LogP contribution in [0.1, 0.15) is 39.5 Å². The Morgan fingerprint density at radius 3 is 2.60 bits per heavy atom. The molecule has 1 unspecified atom stereocenters. The zero-order chi connectivity index (χ0) is 15.3. The fraction of sp³-hybridized carbons (Fsp3) is 0.769. The van der Waals surface area contributed by atoms with Crippen LogP contribution in [0, 0.1) is 5.92 Å². The van der Waals surface area contributed by atoms with E-state index in [0.29, 0.717) is 13.1 Å². The molecule has 3 amide bonds. The first-order chi connectivity index (χ1) is 9.19. The minimum absolute atomic E-state index is 0.00810. The number of primary amides is 1. The molecule has 114 valence electrons. The molecule has 7 nitrogen and oxygen atoms in total. The Balaban J connectivity index is 2.54. The van der Waals surface area contributed by atoms with Gasteiger partial charge in [-0.05, 0) is 32.6 Å². The number of hydrogen-bond donors (Lipinski definition) is 3. The van der Waals surface area contributed by atoms with E-state index in [9.17, 15) is 14.4 Å². The number of amides is 3. The lowest BCUT2D eigenvalue weighted by molar-refractivity contribution is -0.138. The highest BCUT2D eigenvalue weighted by atomic mass is 16.4. The number of likely N-dealkylation sites (tertiary alicyclic amines) is 1. The number of carbonyl (C=O) groups excluding carboxylic acids is 2. The summed E-state index contributed by atoms with van der Waals surface area (Å²) < 4.78 is 0. The number of carboxylic acid groups (broad SMARTS) is 1. The van der Waals surface area contributed by atoms with Crippen molar-refractivity contribution in [2.24, 2.45) is 11.7 Å². The number of nitrogens with one attached hydrogen (secondary N) is 1. The number of urea groups is 1. The smallest absolute Gasteiger partial charge is 0.317 e. The SMILES string of the molecule is CC(C)(CC(N)=O)NC(=O)N1CCCC(CC(=O)O)C1. The van der Waals surface area contributed by atoms with E-state index in [1.54, 1.807) is 18.7 Å². The van der Waals surface area contributed by atoms with Crippen LogP contribution in [0.4, 0.5) is 4.79 Å². The van der Waals surface area contributed by atoms with Crippen molar-refractivity contribution in [3.05, 3.63) is 0 Å². The third-order valence-electron chi connectivity index (χ3n) is 3.33. The van der Waals surface area contributed by atoms with Gasteiger partial charge in [-0.25, -0.2) is 4.79 Å². The summed E-state index contributed by atoms with van der Waals surface area (Å²) in [6.45, 7) is 4.50. The third-order valence-corrected chi connectivity index (χ3v) is 3.33. The molecule has 0 aromatic carbocycles. The Bertz CT molecular complexity index is 395. The van der Waals surface area contributed by atoms with Gasteiger partial charge in [0.15, 0.2) is 0 Å². The van der Waals surface area contributed by atoms with Crippen LogP contribution < -0.4 is 11.1 Å². The van der Waals surface area contributed by atoms with Crippen LogP contribution in [0.25, 0.3) is 0 Å². The average molecular weight is 285 g/mol. The van der Waals surface area contributed by atoms with Crippen LogP contribution in [0.15, 0.2) is 0 Å². The molecule has 20 heavy (non-hydrogen) atoms. The molecule has 1 rings (SSSR count). The highest BCUT2D eigenvalue weighted by molar-refractivity contribution is 5.79. The number of carbonyl (C=O) groups is 3. The Labute approximate surface area is 118 Å². The highest BCUT2D eigenvalue weighted by Gasteiger charge is 2.29. The van der Waals surface area contributed by atoms with Gasteiger partial charge in [-0.15, -0.1) is 0 Å². The van der Waals surface area contributed by atoms with Gasteiger partial charge < -0.3 is 21.1 Å². The number of piperidine rings is 1. The van der Waals surface area contributed by atoms with Gasteiger partial charge in [-0.2, -0.15) is 0 Å². The maximum atomic E-state index is 12.1. The van der Waals surface area contributed by atoms with Crippen molar-refractivity contribution in [3.8, 4) is 0 Å². The first-order valence-corrected chi connectivity index (χ1v) is 6.77. The number of nitrogens with two attached hydrogens (primary N) is 1. The predicted octanol–water partition coefficient (Wildman–Crippen LogP) is 0.537. The molecule has 0 aromatic rings. The van der Waals surface area contributed by atoms with Crippen LogP contribution in [0.3, 0.4) is 0 Å². The Kier molecular flexibility index (Phi) is 5.35. The van der Waals surface area contributed by atoms with E-state index in [2.05, 4.69) is 5.32 Å². The molecular weight excluding hydrogens is 262 g/mol.